The molecule has 28 heavy (non-hydrogen) atoms. The van der Waals surface area contributed by atoms with Crippen LogP contribution in [0.15, 0.2) is 41.8 Å². The molecule has 0 bridgehead atoms. The van der Waals surface area contributed by atoms with E-state index in [1.807, 2.05) is 34.5 Å². The molecule has 0 spiro atoms. The van der Waals surface area contributed by atoms with Crippen LogP contribution in [0.2, 0.25) is 0 Å². The number of likely N-dealkylation sites (tertiary alicyclic amines) is 1. The van der Waals surface area contributed by atoms with Gasteiger partial charge in [-0.15, -0.1) is 21.5 Å². The lowest BCUT2D eigenvalue weighted by Crippen LogP contribution is -2.41. The number of aromatic nitrogens is 4. The molecular weight excluding hydrogens is 378 g/mol. The van der Waals surface area contributed by atoms with Crippen molar-refractivity contribution >= 4 is 17.2 Å². The summed E-state index contributed by atoms with van der Waals surface area (Å²) in [6.45, 7) is 1.21. The minimum Gasteiger partial charge on any atom is -0.493 e. The molecule has 146 valence electrons. The number of rotatable bonds is 7. The van der Waals surface area contributed by atoms with E-state index in [1.165, 1.54) is 0 Å². The van der Waals surface area contributed by atoms with Crippen molar-refractivity contribution in [3.8, 4) is 22.2 Å². The molecule has 1 saturated heterocycles. The van der Waals surface area contributed by atoms with Gasteiger partial charge >= 0.3 is 0 Å². The van der Waals surface area contributed by atoms with Gasteiger partial charge in [-0.25, -0.2) is 0 Å². The molecule has 0 unspecified atom stereocenters. The molecule has 1 aromatic carbocycles. The van der Waals surface area contributed by atoms with Crippen LogP contribution in [0.1, 0.15) is 12.8 Å². The second-order valence-electron chi connectivity index (χ2n) is 6.47. The van der Waals surface area contributed by atoms with Gasteiger partial charge in [-0.3, -0.25) is 4.79 Å². The van der Waals surface area contributed by atoms with E-state index in [-0.39, 0.29) is 18.6 Å². The second-order valence-corrected chi connectivity index (χ2v) is 7.42. The quantitative estimate of drug-likeness (QED) is 0.607. The molecule has 0 aliphatic carbocycles. The van der Waals surface area contributed by atoms with Crippen molar-refractivity contribution in [2.24, 2.45) is 0 Å². The van der Waals surface area contributed by atoms with Gasteiger partial charge in [-0.2, -0.15) is 4.80 Å². The van der Waals surface area contributed by atoms with Gasteiger partial charge in [0.15, 0.2) is 18.1 Å². The maximum atomic E-state index is 12.7. The van der Waals surface area contributed by atoms with Crippen molar-refractivity contribution in [2.75, 3.05) is 20.3 Å². The monoisotopic (exact) mass is 399 g/mol. The van der Waals surface area contributed by atoms with Crippen LogP contribution in [0.4, 0.5) is 0 Å². The first kappa shape index (κ1) is 18.4. The summed E-state index contributed by atoms with van der Waals surface area (Å²) in [6.07, 6.45) is 1.87. The van der Waals surface area contributed by atoms with Crippen molar-refractivity contribution in [3.05, 3.63) is 41.8 Å². The lowest BCUT2D eigenvalue weighted by atomic mass is 10.2. The Morgan fingerprint density at radius 3 is 2.89 bits per heavy atom. The number of carbonyl (C=O) groups is 1. The zero-order chi connectivity index (χ0) is 19.3. The number of benzene rings is 1. The molecule has 1 aliphatic rings. The molecule has 0 saturated carbocycles. The van der Waals surface area contributed by atoms with Gasteiger partial charge in [0.1, 0.15) is 0 Å². The molecule has 1 fully saturated rings. The third-order valence-corrected chi connectivity index (χ3v) is 5.55. The van der Waals surface area contributed by atoms with Crippen LogP contribution >= 0.6 is 11.3 Å². The number of amides is 1. The normalized spacial score (nSPS) is 16.3. The number of thiophene rings is 1. The van der Waals surface area contributed by atoms with Gasteiger partial charge < -0.3 is 14.4 Å². The molecule has 1 amide bonds. The van der Waals surface area contributed by atoms with Gasteiger partial charge in [-0.1, -0.05) is 18.2 Å². The number of methoxy groups -OCH3 is 1. The summed E-state index contributed by atoms with van der Waals surface area (Å²) in [5, 5.41) is 14.7. The molecule has 4 rings (SSSR count). The van der Waals surface area contributed by atoms with Crippen LogP contribution in [-0.4, -0.2) is 57.3 Å². The highest BCUT2D eigenvalue weighted by Crippen LogP contribution is 2.26. The first-order chi connectivity index (χ1) is 13.7. The van der Waals surface area contributed by atoms with E-state index in [2.05, 4.69) is 15.4 Å². The summed E-state index contributed by atoms with van der Waals surface area (Å²) < 4.78 is 10.9. The number of hydrogen-bond acceptors (Lipinski definition) is 7. The van der Waals surface area contributed by atoms with E-state index in [9.17, 15) is 4.79 Å². The average molecular weight is 399 g/mol. The third-order valence-electron chi connectivity index (χ3n) is 4.69. The molecule has 3 heterocycles. The summed E-state index contributed by atoms with van der Waals surface area (Å²) >= 11 is 1.58. The van der Waals surface area contributed by atoms with E-state index in [0.29, 0.717) is 30.4 Å². The fraction of sp³-hybridized carbons (Fsp3) is 0.368. The van der Waals surface area contributed by atoms with E-state index >= 15 is 0 Å². The van der Waals surface area contributed by atoms with Gasteiger partial charge in [0.05, 0.1) is 24.6 Å². The van der Waals surface area contributed by atoms with Crippen molar-refractivity contribution in [1.82, 2.24) is 25.1 Å². The number of ether oxygens (including phenoxy) is 2. The summed E-state index contributed by atoms with van der Waals surface area (Å²) in [5.41, 5.74) is 0. The Morgan fingerprint density at radius 1 is 1.25 bits per heavy atom. The van der Waals surface area contributed by atoms with Crippen molar-refractivity contribution in [2.45, 2.75) is 25.4 Å². The second kappa shape index (κ2) is 8.39. The standard InChI is InChI=1S/C19H21N5O3S/c1-26-15-7-2-3-8-16(15)27-13-18(25)23-10-4-6-14(23)12-24-21-19(20-22-24)17-9-5-11-28-17/h2-3,5,7-9,11,14H,4,6,10,12-13H2,1H3/t14-/m0/s1. The summed E-state index contributed by atoms with van der Waals surface area (Å²) in [6, 6.07) is 11.3. The number of carbonyl (C=O) groups excluding carboxylic acids is 1. The first-order valence-corrected chi connectivity index (χ1v) is 9.99. The molecule has 8 nitrogen and oxygen atoms in total. The lowest BCUT2D eigenvalue weighted by Gasteiger charge is -2.24. The summed E-state index contributed by atoms with van der Waals surface area (Å²) in [4.78, 5) is 17.1. The lowest BCUT2D eigenvalue weighted by molar-refractivity contribution is -0.134. The summed E-state index contributed by atoms with van der Waals surface area (Å²) in [7, 11) is 1.58. The Labute approximate surface area is 166 Å². The molecule has 3 aromatic rings. The van der Waals surface area contributed by atoms with Crippen LogP contribution in [0.5, 0.6) is 11.5 Å². The highest BCUT2D eigenvalue weighted by atomic mass is 32.1. The topological polar surface area (TPSA) is 82.4 Å². The number of nitrogens with zero attached hydrogens (tertiary/aromatic N) is 5. The van der Waals surface area contributed by atoms with E-state index in [0.717, 1.165) is 17.7 Å². The minimum absolute atomic E-state index is 0.0257. The average Bonchev–Trinajstić information content (AvgIpc) is 3.48. The van der Waals surface area contributed by atoms with Crippen LogP contribution in [0.25, 0.3) is 10.7 Å². The highest BCUT2D eigenvalue weighted by Gasteiger charge is 2.30. The molecule has 0 radical (unpaired) electrons. The molecule has 1 aliphatic heterocycles. The number of tetrazole rings is 1. The zero-order valence-corrected chi connectivity index (χ0v) is 16.3. The smallest absolute Gasteiger partial charge is 0.260 e. The van der Waals surface area contributed by atoms with Gasteiger partial charge in [0, 0.05) is 6.54 Å². The maximum absolute atomic E-state index is 12.7. The van der Waals surface area contributed by atoms with Crippen LogP contribution in [-0.2, 0) is 11.3 Å². The van der Waals surface area contributed by atoms with Gasteiger partial charge in [0.25, 0.3) is 5.91 Å². The van der Waals surface area contributed by atoms with Gasteiger partial charge in [-0.05, 0) is 41.6 Å². The van der Waals surface area contributed by atoms with Gasteiger partial charge in [0.2, 0.25) is 5.82 Å². The predicted octanol–water partition coefficient (Wildman–Crippen LogP) is 2.48. The minimum atomic E-state index is -0.0491. The Kier molecular flexibility index (Phi) is 5.52. The van der Waals surface area contributed by atoms with E-state index in [4.69, 9.17) is 9.47 Å². The van der Waals surface area contributed by atoms with E-state index < -0.39 is 0 Å². The molecule has 9 heteroatoms. The SMILES string of the molecule is COc1ccccc1OCC(=O)N1CCC[C@H]1Cn1nnc(-c2cccs2)n1. The first-order valence-electron chi connectivity index (χ1n) is 9.11. The Bertz CT molecular complexity index is 927. The van der Waals surface area contributed by atoms with Crippen molar-refractivity contribution in [3.63, 3.8) is 0 Å². The highest BCUT2D eigenvalue weighted by molar-refractivity contribution is 7.13. The number of hydrogen-bond donors (Lipinski definition) is 0. The third kappa shape index (κ3) is 3.99. The predicted molar refractivity (Wildman–Crippen MR) is 104 cm³/mol. The van der Waals surface area contributed by atoms with Crippen molar-refractivity contribution < 1.29 is 14.3 Å². The molecular formula is C19H21N5O3S. The molecule has 2 aromatic heterocycles. The Balaban J connectivity index is 1.37. The number of para-hydroxylation sites is 2. The zero-order valence-electron chi connectivity index (χ0n) is 15.5. The molecule has 1 atom stereocenters. The van der Waals surface area contributed by atoms with Crippen molar-refractivity contribution in [1.29, 1.82) is 0 Å². The van der Waals surface area contributed by atoms with Crippen LogP contribution in [0.3, 0.4) is 0 Å². The maximum Gasteiger partial charge on any atom is 0.260 e. The Hall–Kier alpha value is -2.94. The largest absolute Gasteiger partial charge is 0.493 e. The fourth-order valence-electron chi connectivity index (χ4n) is 3.33. The summed E-state index contributed by atoms with van der Waals surface area (Å²) in [5.74, 6) is 1.74. The molecule has 0 N–H and O–H groups in total. The van der Waals surface area contributed by atoms with Crippen LogP contribution in [0, 0.1) is 0 Å². The Morgan fingerprint density at radius 2 is 2.11 bits per heavy atom. The van der Waals surface area contributed by atoms with E-state index in [1.54, 1.807) is 35.4 Å². The van der Waals surface area contributed by atoms with Crippen LogP contribution < -0.4 is 9.47 Å². The fourth-order valence-corrected chi connectivity index (χ4v) is 3.98.